The van der Waals surface area contributed by atoms with Crippen LogP contribution < -0.4 is 15.8 Å². The van der Waals surface area contributed by atoms with Gasteiger partial charge >= 0.3 is 5.97 Å². The monoisotopic (exact) mass is 494 g/mol. The second-order valence-electron chi connectivity index (χ2n) is 7.01. The van der Waals surface area contributed by atoms with Crippen LogP contribution in [0.1, 0.15) is 26.9 Å². The first-order valence-corrected chi connectivity index (χ1v) is 12.1. The molecule has 4 rings (SSSR count). The Balaban J connectivity index is 1.35. The van der Waals surface area contributed by atoms with Gasteiger partial charge in [-0.3, -0.25) is 0 Å². The Morgan fingerprint density at radius 1 is 1.09 bits per heavy atom. The number of rotatable bonds is 9. The predicted octanol–water partition coefficient (Wildman–Crippen LogP) is 4.62. The van der Waals surface area contributed by atoms with Crippen molar-refractivity contribution in [3.63, 3.8) is 0 Å². The van der Waals surface area contributed by atoms with Crippen LogP contribution in [0.5, 0.6) is 5.75 Å². The van der Waals surface area contributed by atoms with Gasteiger partial charge in [-0.15, -0.1) is 23.1 Å². The molecule has 0 saturated heterocycles. The van der Waals surface area contributed by atoms with Crippen LogP contribution in [-0.4, -0.2) is 33.0 Å². The van der Waals surface area contributed by atoms with Crippen molar-refractivity contribution >= 4 is 46.7 Å². The third kappa shape index (κ3) is 6.21. The molecule has 2 aromatic heterocycles. The number of para-hydroxylation sites is 2. The molecule has 0 unspecified atom stereocenters. The van der Waals surface area contributed by atoms with Crippen LogP contribution in [0.4, 0.5) is 17.6 Å². The smallest absolute Gasteiger partial charge is 0.338 e. The minimum atomic E-state index is -0.482. The van der Waals surface area contributed by atoms with Crippen molar-refractivity contribution in [3.8, 4) is 5.75 Å². The molecule has 0 spiro atoms. The molecule has 2 heterocycles. The van der Waals surface area contributed by atoms with Crippen LogP contribution >= 0.6 is 23.1 Å². The second kappa shape index (κ2) is 10.9. The van der Waals surface area contributed by atoms with Crippen molar-refractivity contribution in [2.24, 2.45) is 0 Å². The van der Waals surface area contributed by atoms with E-state index in [1.807, 2.05) is 37.3 Å². The zero-order valence-electron chi connectivity index (χ0n) is 18.5. The van der Waals surface area contributed by atoms with E-state index in [9.17, 15) is 4.79 Å². The van der Waals surface area contributed by atoms with Gasteiger partial charge in [0.15, 0.2) is 12.4 Å². The van der Waals surface area contributed by atoms with Crippen LogP contribution in [0.3, 0.4) is 0 Å². The molecule has 11 heteroatoms. The maximum Gasteiger partial charge on any atom is 0.338 e. The third-order valence-corrected chi connectivity index (χ3v) is 6.40. The van der Waals surface area contributed by atoms with Gasteiger partial charge in [-0.25, -0.2) is 9.78 Å². The summed E-state index contributed by atoms with van der Waals surface area (Å²) in [5.41, 5.74) is 7.96. The summed E-state index contributed by atoms with van der Waals surface area (Å²) in [4.78, 5) is 30.4. The number of aromatic nitrogens is 4. The van der Waals surface area contributed by atoms with Crippen molar-refractivity contribution in [1.29, 1.82) is 0 Å². The molecule has 0 radical (unpaired) electrons. The Kier molecular flexibility index (Phi) is 7.55. The normalized spacial score (nSPS) is 10.6. The maximum absolute atomic E-state index is 12.5. The Hall–Kier alpha value is -3.70. The van der Waals surface area contributed by atoms with Gasteiger partial charge in [-0.2, -0.15) is 15.0 Å². The fourth-order valence-corrected chi connectivity index (χ4v) is 4.47. The molecule has 0 fully saturated rings. The molecule has 0 atom stereocenters. The number of nitrogens with zero attached hydrogens (tertiary/aromatic N) is 4. The lowest BCUT2D eigenvalue weighted by Crippen LogP contribution is -2.11. The summed E-state index contributed by atoms with van der Waals surface area (Å²) in [6.45, 7) is 1.84. The van der Waals surface area contributed by atoms with Gasteiger partial charge in [0.25, 0.3) is 0 Å². The molecule has 0 aliphatic rings. The number of ether oxygens (including phenoxy) is 2. The average molecular weight is 495 g/mol. The van der Waals surface area contributed by atoms with E-state index in [1.54, 1.807) is 48.4 Å². The summed E-state index contributed by atoms with van der Waals surface area (Å²) in [7, 11) is 1.57. The number of aryl methyl sites for hydroxylation is 1. The van der Waals surface area contributed by atoms with Gasteiger partial charge in [0, 0.05) is 16.0 Å². The number of nitrogens with one attached hydrogen (secondary N) is 1. The van der Waals surface area contributed by atoms with E-state index in [-0.39, 0.29) is 24.3 Å². The number of benzene rings is 2. The minimum Gasteiger partial charge on any atom is -0.495 e. The van der Waals surface area contributed by atoms with E-state index in [0.717, 1.165) is 21.3 Å². The highest BCUT2D eigenvalue weighted by molar-refractivity contribution is 7.98. The van der Waals surface area contributed by atoms with Crippen molar-refractivity contribution in [2.45, 2.75) is 24.2 Å². The van der Waals surface area contributed by atoms with Crippen LogP contribution in [0.25, 0.3) is 0 Å². The number of thioether (sulfide) groups is 1. The number of nitrogen functional groups attached to an aromatic ring is 1. The number of carbonyl (C=O) groups excluding carboxylic acids is 1. The maximum atomic E-state index is 12.5. The van der Waals surface area contributed by atoms with E-state index in [2.05, 4.69) is 30.6 Å². The number of hydrogen-bond acceptors (Lipinski definition) is 11. The Morgan fingerprint density at radius 2 is 1.88 bits per heavy atom. The van der Waals surface area contributed by atoms with Crippen LogP contribution in [0.15, 0.2) is 58.8 Å². The number of anilines is 3. The first kappa shape index (κ1) is 23.5. The zero-order chi connectivity index (χ0) is 23.9. The molecule has 34 heavy (non-hydrogen) atoms. The molecule has 0 aliphatic carbocycles. The molecule has 2 aromatic carbocycles. The third-order valence-electron chi connectivity index (χ3n) is 4.53. The van der Waals surface area contributed by atoms with Crippen molar-refractivity contribution in [1.82, 2.24) is 19.9 Å². The molecule has 174 valence electrons. The molecule has 0 aliphatic heterocycles. The first-order chi connectivity index (χ1) is 16.5. The Bertz CT molecular complexity index is 1280. The lowest BCUT2D eigenvalue weighted by molar-refractivity contribution is 0.0462. The molecule has 0 bridgehead atoms. The summed E-state index contributed by atoms with van der Waals surface area (Å²) in [6.07, 6.45) is 0. The van der Waals surface area contributed by atoms with Crippen molar-refractivity contribution in [2.75, 3.05) is 18.2 Å². The zero-order valence-corrected chi connectivity index (χ0v) is 20.2. The summed E-state index contributed by atoms with van der Waals surface area (Å²) in [5, 5.41) is 6.15. The number of esters is 1. The summed E-state index contributed by atoms with van der Waals surface area (Å²) in [5.74, 6) is 1.38. The van der Waals surface area contributed by atoms with E-state index >= 15 is 0 Å². The number of hydrogen-bond donors (Lipinski definition) is 2. The molecule has 4 aromatic rings. The van der Waals surface area contributed by atoms with E-state index in [0.29, 0.717) is 17.0 Å². The summed E-state index contributed by atoms with van der Waals surface area (Å²) in [6, 6.07) is 14.6. The van der Waals surface area contributed by atoms with Gasteiger partial charge in [-0.05, 0) is 43.3 Å². The lowest BCUT2D eigenvalue weighted by atomic mass is 10.2. The van der Waals surface area contributed by atoms with Gasteiger partial charge in [0.05, 0.1) is 29.1 Å². The van der Waals surface area contributed by atoms with Crippen LogP contribution in [0.2, 0.25) is 0 Å². The molecular weight excluding hydrogens is 472 g/mol. The second-order valence-corrected chi connectivity index (χ2v) is 9.12. The molecule has 9 nitrogen and oxygen atoms in total. The van der Waals surface area contributed by atoms with Gasteiger partial charge in [0.1, 0.15) is 5.75 Å². The highest BCUT2D eigenvalue weighted by Gasteiger charge is 2.12. The highest BCUT2D eigenvalue weighted by Crippen LogP contribution is 2.26. The van der Waals surface area contributed by atoms with Crippen LogP contribution in [-0.2, 0) is 17.1 Å². The topological polar surface area (TPSA) is 125 Å². The fourth-order valence-electron chi connectivity index (χ4n) is 2.96. The van der Waals surface area contributed by atoms with Gasteiger partial charge < -0.3 is 20.5 Å². The number of thiazole rings is 1. The number of methoxy groups -OCH3 is 1. The lowest BCUT2D eigenvalue weighted by Gasteiger charge is -2.11. The van der Waals surface area contributed by atoms with Crippen molar-refractivity contribution in [3.05, 3.63) is 76.0 Å². The first-order valence-electron chi connectivity index (χ1n) is 10.2. The standard InChI is InChI=1S/C23H22N6O3S2/c1-14-25-16(12-33-14)13-34-17-9-7-15(8-10-17)21(30)32-11-20-27-22(24)29-23(28-20)26-18-5-3-4-6-19(18)31-2/h3-10,12H,11,13H2,1-2H3,(H3,24,26,27,28,29). The number of carbonyl (C=O) groups is 1. The van der Waals surface area contributed by atoms with Crippen LogP contribution in [0, 0.1) is 6.92 Å². The minimum absolute atomic E-state index is 0.00938. The Morgan fingerprint density at radius 3 is 2.62 bits per heavy atom. The van der Waals surface area contributed by atoms with E-state index < -0.39 is 5.97 Å². The van der Waals surface area contributed by atoms with E-state index in [1.165, 1.54) is 0 Å². The predicted molar refractivity (Wildman–Crippen MR) is 132 cm³/mol. The summed E-state index contributed by atoms with van der Waals surface area (Å²) >= 11 is 3.30. The molecular formula is C23H22N6O3S2. The molecule has 3 N–H and O–H groups in total. The van der Waals surface area contributed by atoms with Crippen molar-refractivity contribution < 1.29 is 14.3 Å². The highest BCUT2D eigenvalue weighted by atomic mass is 32.2. The molecule has 0 saturated carbocycles. The molecule has 0 amide bonds. The fraction of sp³-hybridized carbons (Fsp3) is 0.174. The number of nitrogens with two attached hydrogens (primary N) is 1. The quantitative estimate of drug-likeness (QED) is 0.251. The Labute approximate surface area is 204 Å². The van der Waals surface area contributed by atoms with Gasteiger partial charge in [-0.1, -0.05) is 12.1 Å². The van der Waals surface area contributed by atoms with E-state index in [4.69, 9.17) is 15.2 Å². The SMILES string of the molecule is COc1ccccc1Nc1nc(N)nc(COC(=O)c2ccc(SCc3csc(C)n3)cc2)n1. The largest absolute Gasteiger partial charge is 0.495 e. The van der Waals surface area contributed by atoms with Gasteiger partial charge in [0.2, 0.25) is 11.9 Å². The average Bonchev–Trinajstić information content (AvgIpc) is 3.26. The summed E-state index contributed by atoms with van der Waals surface area (Å²) < 4.78 is 10.7.